The van der Waals surface area contributed by atoms with Crippen LogP contribution in [-0.4, -0.2) is 55.5 Å². The van der Waals surface area contributed by atoms with Crippen LogP contribution in [0.15, 0.2) is 48.5 Å². The lowest BCUT2D eigenvalue weighted by Gasteiger charge is -2.37. The molecule has 0 unspecified atom stereocenters. The second kappa shape index (κ2) is 8.03. The molecular weight excluding hydrogens is 390 g/mol. The first-order valence-electron chi connectivity index (χ1n) is 7.65. The zero-order valence-corrected chi connectivity index (χ0v) is 14.9. The van der Waals surface area contributed by atoms with E-state index in [0.29, 0.717) is 0 Å². The molecule has 0 aromatic heterocycles. The molecule has 2 amide bonds. The Kier molecular flexibility index (Phi) is 5.96. The SMILES string of the molecule is O=C(O)C[N+]([S-])(C(=O)c1ccccc1C(=O)O)C(=O)c1ccccc1C(=O)O. The Morgan fingerprint density at radius 1 is 0.679 bits per heavy atom. The van der Waals surface area contributed by atoms with E-state index in [2.05, 4.69) is 0 Å². The van der Waals surface area contributed by atoms with Gasteiger partial charge in [0.05, 0.1) is 22.3 Å². The fourth-order valence-corrected chi connectivity index (χ4v) is 2.83. The van der Waals surface area contributed by atoms with Crippen molar-refractivity contribution in [2.45, 2.75) is 0 Å². The Balaban J connectivity index is 2.67. The van der Waals surface area contributed by atoms with Gasteiger partial charge in [-0.1, -0.05) is 24.3 Å². The summed E-state index contributed by atoms with van der Waals surface area (Å²) < 4.78 is -1.79. The third kappa shape index (κ3) is 3.92. The third-order valence-corrected chi connectivity index (χ3v) is 4.25. The molecule has 0 saturated heterocycles. The highest BCUT2D eigenvalue weighted by molar-refractivity contribution is 7.53. The van der Waals surface area contributed by atoms with E-state index < -0.39 is 62.4 Å². The van der Waals surface area contributed by atoms with Crippen molar-refractivity contribution >= 4 is 42.5 Å². The molecule has 0 atom stereocenters. The van der Waals surface area contributed by atoms with Crippen LogP contribution in [0.1, 0.15) is 41.4 Å². The molecule has 0 aliphatic carbocycles. The van der Waals surface area contributed by atoms with Gasteiger partial charge >= 0.3 is 29.7 Å². The Morgan fingerprint density at radius 3 is 1.29 bits per heavy atom. The Labute approximate surface area is 163 Å². The van der Waals surface area contributed by atoms with Crippen LogP contribution in [0.5, 0.6) is 0 Å². The summed E-state index contributed by atoms with van der Waals surface area (Å²) in [5.74, 6) is -7.07. The number of hydrogen-bond donors (Lipinski definition) is 3. The van der Waals surface area contributed by atoms with Gasteiger partial charge in [-0.3, -0.25) is 3.89 Å². The smallest absolute Gasteiger partial charge is 0.358 e. The number of carbonyl (C=O) groups is 5. The number of aliphatic carboxylic acids is 1. The van der Waals surface area contributed by atoms with E-state index in [1.54, 1.807) is 0 Å². The van der Waals surface area contributed by atoms with Gasteiger partial charge in [-0.15, -0.1) is 0 Å². The second-order valence-electron chi connectivity index (χ2n) is 5.60. The van der Waals surface area contributed by atoms with Crippen molar-refractivity contribution < 1.29 is 43.2 Å². The van der Waals surface area contributed by atoms with Gasteiger partial charge in [0, 0.05) is 0 Å². The average Bonchev–Trinajstić information content (AvgIpc) is 2.66. The van der Waals surface area contributed by atoms with Crippen LogP contribution in [-0.2, 0) is 17.6 Å². The minimum atomic E-state index is -1.79. The van der Waals surface area contributed by atoms with Gasteiger partial charge in [-0.25, -0.2) is 24.0 Å². The summed E-state index contributed by atoms with van der Waals surface area (Å²) in [7, 11) is 0. The number of quaternary nitrogens is 1. The molecule has 10 heteroatoms. The summed E-state index contributed by atoms with van der Waals surface area (Å²) >= 11 is 5.05. The molecule has 28 heavy (non-hydrogen) atoms. The fraction of sp³-hybridized carbons (Fsp3) is 0.0556. The first-order chi connectivity index (χ1) is 13.1. The van der Waals surface area contributed by atoms with Crippen LogP contribution < -0.4 is 0 Å². The molecule has 2 rings (SSSR count). The maximum absolute atomic E-state index is 13.0. The molecule has 0 saturated carbocycles. The summed E-state index contributed by atoms with van der Waals surface area (Å²) in [4.78, 5) is 60.1. The summed E-state index contributed by atoms with van der Waals surface area (Å²) in [6.07, 6.45) is 0. The summed E-state index contributed by atoms with van der Waals surface area (Å²) in [5.41, 5.74) is -1.87. The first-order valence-corrected chi connectivity index (χ1v) is 8.01. The summed E-state index contributed by atoms with van der Waals surface area (Å²) in [6, 6.07) is 9.75. The molecule has 2 aromatic rings. The van der Waals surface area contributed by atoms with Crippen LogP contribution in [0, 0.1) is 0 Å². The number of hydrogen-bond acceptors (Lipinski definition) is 6. The van der Waals surface area contributed by atoms with E-state index in [0.717, 1.165) is 24.3 Å². The quantitative estimate of drug-likeness (QED) is 0.370. The van der Waals surface area contributed by atoms with Crippen LogP contribution in [0.3, 0.4) is 0 Å². The zero-order valence-electron chi connectivity index (χ0n) is 14.1. The van der Waals surface area contributed by atoms with Crippen LogP contribution in [0.4, 0.5) is 0 Å². The van der Waals surface area contributed by atoms with Crippen molar-refractivity contribution in [2.24, 2.45) is 0 Å². The lowest BCUT2D eigenvalue weighted by atomic mass is 10.0. The summed E-state index contributed by atoms with van der Waals surface area (Å²) in [6.45, 7) is -1.19. The van der Waals surface area contributed by atoms with Crippen molar-refractivity contribution in [3.63, 3.8) is 0 Å². The van der Waals surface area contributed by atoms with Crippen molar-refractivity contribution in [1.29, 1.82) is 0 Å². The van der Waals surface area contributed by atoms with Crippen LogP contribution in [0.2, 0.25) is 0 Å². The number of carboxylic acid groups (broad SMARTS) is 3. The molecule has 3 N–H and O–H groups in total. The minimum Gasteiger partial charge on any atom is -0.478 e. The predicted molar refractivity (Wildman–Crippen MR) is 95.6 cm³/mol. The highest BCUT2D eigenvalue weighted by Crippen LogP contribution is 2.23. The normalized spacial score (nSPS) is 10.9. The predicted octanol–water partition coefficient (Wildman–Crippen LogP) is 1.43. The van der Waals surface area contributed by atoms with Gasteiger partial charge in [0.1, 0.15) is 0 Å². The van der Waals surface area contributed by atoms with Gasteiger partial charge in [-0.2, -0.15) is 0 Å². The highest BCUT2D eigenvalue weighted by Gasteiger charge is 2.40. The van der Waals surface area contributed by atoms with Crippen molar-refractivity contribution in [3.8, 4) is 0 Å². The highest BCUT2D eigenvalue weighted by atomic mass is 32.1. The molecule has 144 valence electrons. The number of nitrogens with zero attached hydrogens (tertiary/aromatic N) is 1. The number of imide groups is 1. The number of rotatable bonds is 6. The second-order valence-corrected chi connectivity index (χ2v) is 6.23. The first kappa shape index (κ1) is 20.8. The minimum absolute atomic E-state index is 0.465. The maximum atomic E-state index is 13.0. The molecule has 0 aliphatic heterocycles. The zero-order chi connectivity index (χ0) is 21.1. The summed E-state index contributed by atoms with van der Waals surface area (Å²) in [5, 5.41) is 27.7. The molecule has 0 bridgehead atoms. The monoisotopic (exact) mass is 403 g/mol. The number of carbonyl (C=O) groups excluding carboxylic acids is 2. The number of amides is 2. The molecule has 2 aromatic carbocycles. The van der Waals surface area contributed by atoms with Gasteiger partial charge < -0.3 is 28.1 Å². The fourth-order valence-electron chi connectivity index (χ4n) is 2.53. The molecule has 0 aliphatic rings. The van der Waals surface area contributed by atoms with Gasteiger partial charge in [0.25, 0.3) is 0 Å². The van der Waals surface area contributed by atoms with Crippen molar-refractivity contribution in [3.05, 3.63) is 70.8 Å². The van der Waals surface area contributed by atoms with Crippen LogP contribution >= 0.6 is 0 Å². The van der Waals surface area contributed by atoms with Crippen molar-refractivity contribution in [1.82, 2.24) is 0 Å². The lowest BCUT2D eigenvalue weighted by Crippen LogP contribution is -2.55. The molecule has 9 nitrogen and oxygen atoms in total. The maximum Gasteiger partial charge on any atom is 0.358 e. The van der Waals surface area contributed by atoms with E-state index in [1.165, 1.54) is 24.3 Å². The molecular formula is C18H13NO8S. The van der Waals surface area contributed by atoms with E-state index in [1.807, 2.05) is 0 Å². The topological polar surface area (TPSA) is 146 Å². The van der Waals surface area contributed by atoms with E-state index in [-0.39, 0.29) is 0 Å². The Bertz CT molecular complexity index is 931. The molecule has 0 radical (unpaired) electrons. The largest absolute Gasteiger partial charge is 0.478 e. The standard InChI is InChI=1S/C18H13NO8S/c20-14(21)9-19(28,15(22)10-5-1-3-7-12(10)17(24)25)16(23)11-6-2-4-8-13(11)18(26)27/h1-8H,9H2,(H,20,21)(H,24,25)(H,26,27). The number of carboxylic acids is 3. The van der Waals surface area contributed by atoms with Gasteiger partial charge in [-0.05, 0) is 24.3 Å². The Hall–Kier alpha value is -3.50. The van der Waals surface area contributed by atoms with E-state index in [4.69, 9.17) is 12.8 Å². The molecule has 0 heterocycles. The van der Waals surface area contributed by atoms with E-state index >= 15 is 0 Å². The van der Waals surface area contributed by atoms with E-state index in [9.17, 15) is 39.3 Å². The van der Waals surface area contributed by atoms with Crippen molar-refractivity contribution in [2.75, 3.05) is 6.54 Å². The van der Waals surface area contributed by atoms with Gasteiger partial charge in [0.15, 0.2) is 6.54 Å². The van der Waals surface area contributed by atoms with Crippen LogP contribution in [0.25, 0.3) is 0 Å². The third-order valence-electron chi connectivity index (χ3n) is 3.79. The number of benzene rings is 2. The van der Waals surface area contributed by atoms with Gasteiger partial charge in [0.2, 0.25) is 0 Å². The number of aromatic carboxylic acids is 2. The molecule has 0 spiro atoms. The Morgan fingerprint density at radius 2 is 1.00 bits per heavy atom. The molecule has 0 fully saturated rings. The average molecular weight is 403 g/mol. The lowest BCUT2D eigenvalue weighted by molar-refractivity contribution is -0.607.